The summed E-state index contributed by atoms with van der Waals surface area (Å²) in [6, 6.07) is 16.8. The van der Waals surface area contributed by atoms with E-state index in [0.29, 0.717) is 12.5 Å². The Kier molecular flexibility index (Phi) is 6.12. The zero-order valence-corrected chi connectivity index (χ0v) is 16.6. The van der Waals surface area contributed by atoms with E-state index in [4.69, 9.17) is 9.47 Å². The van der Waals surface area contributed by atoms with Crippen LogP contribution in [0.5, 0.6) is 5.88 Å². The molecule has 0 spiro atoms. The Morgan fingerprint density at radius 2 is 1.93 bits per heavy atom. The second-order valence-electron chi connectivity index (χ2n) is 6.65. The fourth-order valence-electron chi connectivity index (χ4n) is 3.20. The topological polar surface area (TPSA) is 31.4 Å². The van der Waals surface area contributed by atoms with Crippen LogP contribution in [-0.4, -0.2) is 12.1 Å². The molecule has 3 heteroatoms. The number of nitrogens with zero attached hydrogens (tertiary/aromatic N) is 1. The van der Waals surface area contributed by atoms with Crippen molar-refractivity contribution in [2.75, 3.05) is 7.11 Å². The quantitative estimate of drug-likeness (QED) is 0.454. The number of benzene rings is 2. The lowest BCUT2D eigenvalue weighted by molar-refractivity contribution is 0.190. The number of pyridine rings is 1. The number of rotatable bonds is 7. The van der Waals surface area contributed by atoms with Gasteiger partial charge < -0.3 is 9.47 Å². The maximum absolute atomic E-state index is 5.98. The SMILES string of the molecule is CC/C=C(\CC)OCc1cccc(-c2cc(OC)nc3ccc(C)cc23)c1. The first kappa shape index (κ1) is 19.0. The average molecular weight is 361 g/mol. The van der Waals surface area contributed by atoms with E-state index in [1.54, 1.807) is 7.11 Å². The Morgan fingerprint density at radius 3 is 2.67 bits per heavy atom. The molecule has 3 aromatic rings. The Balaban J connectivity index is 1.99. The van der Waals surface area contributed by atoms with Crippen LogP contribution in [0.1, 0.15) is 37.8 Å². The molecule has 3 rings (SSSR count). The summed E-state index contributed by atoms with van der Waals surface area (Å²) in [4.78, 5) is 4.58. The minimum absolute atomic E-state index is 0.576. The molecule has 0 N–H and O–H groups in total. The van der Waals surface area contributed by atoms with E-state index in [-0.39, 0.29) is 0 Å². The molecule has 0 aliphatic rings. The van der Waals surface area contributed by atoms with Crippen molar-refractivity contribution in [1.29, 1.82) is 0 Å². The molecule has 1 heterocycles. The van der Waals surface area contributed by atoms with Gasteiger partial charge in [-0.15, -0.1) is 0 Å². The molecular weight excluding hydrogens is 334 g/mol. The summed E-state index contributed by atoms with van der Waals surface area (Å²) < 4.78 is 11.4. The van der Waals surface area contributed by atoms with Crippen molar-refractivity contribution in [2.45, 2.75) is 40.2 Å². The van der Waals surface area contributed by atoms with Crippen LogP contribution < -0.4 is 4.74 Å². The van der Waals surface area contributed by atoms with Crippen LogP contribution in [0.3, 0.4) is 0 Å². The summed E-state index contributed by atoms with van der Waals surface area (Å²) in [5, 5.41) is 1.13. The summed E-state index contributed by atoms with van der Waals surface area (Å²) in [5.74, 6) is 1.68. The number of allylic oxidation sites excluding steroid dienone is 2. The third-order valence-corrected chi connectivity index (χ3v) is 4.59. The predicted molar refractivity (Wildman–Crippen MR) is 112 cm³/mol. The van der Waals surface area contributed by atoms with Crippen molar-refractivity contribution in [3.8, 4) is 17.0 Å². The second-order valence-corrected chi connectivity index (χ2v) is 6.65. The van der Waals surface area contributed by atoms with E-state index in [0.717, 1.165) is 46.2 Å². The number of fused-ring (bicyclic) bond motifs is 1. The summed E-state index contributed by atoms with van der Waals surface area (Å²) in [6.45, 7) is 6.93. The molecule has 2 aromatic carbocycles. The lowest BCUT2D eigenvalue weighted by Gasteiger charge is -2.12. The summed E-state index contributed by atoms with van der Waals surface area (Å²) >= 11 is 0. The van der Waals surface area contributed by atoms with Gasteiger partial charge in [-0.3, -0.25) is 0 Å². The number of aromatic nitrogens is 1. The van der Waals surface area contributed by atoms with Crippen LogP contribution in [0, 0.1) is 6.92 Å². The summed E-state index contributed by atoms with van der Waals surface area (Å²) in [6.07, 6.45) is 4.05. The van der Waals surface area contributed by atoms with Crippen molar-refractivity contribution < 1.29 is 9.47 Å². The van der Waals surface area contributed by atoms with E-state index < -0.39 is 0 Å². The van der Waals surface area contributed by atoms with E-state index >= 15 is 0 Å². The van der Waals surface area contributed by atoms with Crippen LogP contribution in [0.2, 0.25) is 0 Å². The largest absolute Gasteiger partial charge is 0.494 e. The molecule has 0 unspecified atom stereocenters. The fourth-order valence-corrected chi connectivity index (χ4v) is 3.20. The van der Waals surface area contributed by atoms with Gasteiger partial charge in [0.2, 0.25) is 5.88 Å². The molecule has 27 heavy (non-hydrogen) atoms. The zero-order chi connectivity index (χ0) is 19.2. The number of hydrogen-bond donors (Lipinski definition) is 0. The molecule has 0 atom stereocenters. The molecule has 0 radical (unpaired) electrons. The highest BCUT2D eigenvalue weighted by molar-refractivity contribution is 5.95. The third kappa shape index (κ3) is 4.48. The predicted octanol–water partition coefficient (Wildman–Crippen LogP) is 6.44. The normalized spacial score (nSPS) is 11.6. The van der Waals surface area contributed by atoms with Crippen LogP contribution in [0.4, 0.5) is 0 Å². The molecule has 0 saturated carbocycles. The van der Waals surface area contributed by atoms with Crippen LogP contribution in [-0.2, 0) is 11.3 Å². The highest BCUT2D eigenvalue weighted by atomic mass is 16.5. The molecular formula is C24H27NO2. The summed E-state index contributed by atoms with van der Waals surface area (Å²) in [7, 11) is 1.66. The van der Waals surface area contributed by atoms with Gasteiger partial charge in [0.25, 0.3) is 0 Å². The average Bonchev–Trinajstić information content (AvgIpc) is 2.70. The molecule has 140 valence electrons. The second kappa shape index (κ2) is 8.72. The van der Waals surface area contributed by atoms with Crippen LogP contribution in [0.15, 0.2) is 60.4 Å². The van der Waals surface area contributed by atoms with E-state index in [2.05, 4.69) is 68.2 Å². The van der Waals surface area contributed by atoms with Crippen LogP contribution >= 0.6 is 0 Å². The molecule has 0 bridgehead atoms. The molecule has 0 aliphatic carbocycles. The monoisotopic (exact) mass is 361 g/mol. The number of aryl methyl sites for hydroxylation is 1. The molecule has 1 aromatic heterocycles. The first-order chi connectivity index (χ1) is 13.1. The van der Waals surface area contributed by atoms with Crippen molar-refractivity contribution in [3.05, 3.63) is 71.5 Å². The van der Waals surface area contributed by atoms with Gasteiger partial charge in [-0.2, -0.15) is 0 Å². The Labute approximate surface area is 161 Å². The van der Waals surface area contributed by atoms with Gasteiger partial charge in [-0.05, 0) is 54.3 Å². The number of methoxy groups -OCH3 is 1. The van der Waals surface area contributed by atoms with E-state index in [1.807, 2.05) is 12.1 Å². The minimum atomic E-state index is 0.576. The maximum Gasteiger partial charge on any atom is 0.214 e. The molecule has 0 saturated heterocycles. The number of ether oxygens (including phenoxy) is 2. The highest BCUT2D eigenvalue weighted by Gasteiger charge is 2.10. The van der Waals surface area contributed by atoms with Crippen molar-refractivity contribution >= 4 is 10.9 Å². The fraction of sp³-hybridized carbons (Fsp3) is 0.292. The van der Waals surface area contributed by atoms with Gasteiger partial charge in [0, 0.05) is 17.9 Å². The maximum atomic E-state index is 5.98. The van der Waals surface area contributed by atoms with Crippen LogP contribution in [0.25, 0.3) is 22.0 Å². The van der Waals surface area contributed by atoms with Gasteiger partial charge in [-0.25, -0.2) is 4.98 Å². The molecule has 0 fully saturated rings. The molecule has 0 amide bonds. The van der Waals surface area contributed by atoms with E-state index in [1.165, 1.54) is 5.56 Å². The first-order valence-corrected chi connectivity index (χ1v) is 9.51. The van der Waals surface area contributed by atoms with Crippen molar-refractivity contribution in [2.24, 2.45) is 0 Å². The lowest BCUT2D eigenvalue weighted by atomic mass is 9.98. The highest BCUT2D eigenvalue weighted by Crippen LogP contribution is 2.32. The minimum Gasteiger partial charge on any atom is -0.494 e. The smallest absolute Gasteiger partial charge is 0.214 e. The Morgan fingerprint density at radius 1 is 1.07 bits per heavy atom. The van der Waals surface area contributed by atoms with Gasteiger partial charge in [0.05, 0.1) is 18.4 Å². The van der Waals surface area contributed by atoms with E-state index in [9.17, 15) is 0 Å². The number of hydrogen-bond acceptors (Lipinski definition) is 3. The molecule has 0 aliphatic heterocycles. The van der Waals surface area contributed by atoms with Gasteiger partial charge in [-0.1, -0.05) is 43.7 Å². The van der Waals surface area contributed by atoms with Gasteiger partial charge in [0.1, 0.15) is 6.61 Å². The standard InChI is InChI=1S/C24H27NO2/c1-5-8-20(6-2)27-16-18-9-7-10-19(14-18)21-15-24(26-4)25-23-12-11-17(3)13-22(21)23/h7-15H,5-6,16H2,1-4H3/b20-8+. The van der Waals surface area contributed by atoms with Crippen molar-refractivity contribution in [3.63, 3.8) is 0 Å². The third-order valence-electron chi connectivity index (χ3n) is 4.59. The first-order valence-electron chi connectivity index (χ1n) is 9.51. The lowest BCUT2D eigenvalue weighted by Crippen LogP contribution is -1.95. The van der Waals surface area contributed by atoms with Crippen molar-refractivity contribution in [1.82, 2.24) is 4.98 Å². The Bertz CT molecular complexity index is 960. The zero-order valence-electron chi connectivity index (χ0n) is 16.6. The molecule has 3 nitrogen and oxygen atoms in total. The van der Waals surface area contributed by atoms with Gasteiger partial charge >= 0.3 is 0 Å². The van der Waals surface area contributed by atoms with Gasteiger partial charge in [0.15, 0.2) is 0 Å². The summed E-state index contributed by atoms with van der Waals surface area (Å²) in [5.41, 5.74) is 5.58. The Hall–Kier alpha value is -2.81.